The highest BCUT2D eigenvalue weighted by molar-refractivity contribution is 6.23. The van der Waals surface area contributed by atoms with E-state index in [1.165, 1.54) is 59.8 Å². The highest BCUT2D eigenvalue weighted by atomic mass is 16.3. The van der Waals surface area contributed by atoms with E-state index in [4.69, 9.17) is 14.4 Å². The number of para-hydroxylation sites is 1. The van der Waals surface area contributed by atoms with Crippen molar-refractivity contribution in [3.05, 3.63) is 206 Å². The van der Waals surface area contributed by atoms with Gasteiger partial charge in [0.1, 0.15) is 11.2 Å². The summed E-state index contributed by atoms with van der Waals surface area (Å²) >= 11 is 0. The van der Waals surface area contributed by atoms with Crippen LogP contribution in [0, 0.1) is 0 Å². The van der Waals surface area contributed by atoms with Crippen LogP contribution in [0.1, 0.15) is 0 Å². The molecule has 3 heteroatoms. The molecule has 0 bridgehead atoms. The van der Waals surface area contributed by atoms with E-state index < -0.39 is 0 Å². The summed E-state index contributed by atoms with van der Waals surface area (Å²) in [6.07, 6.45) is 0. The predicted molar refractivity (Wildman–Crippen MR) is 247 cm³/mol. The van der Waals surface area contributed by atoms with Gasteiger partial charge in [-0.1, -0.05) is 182 Å². The quantitative estimate of drug-likeness (QED) is 0.130. The molecule has 274 valence electrons. The maximum atomic E-state index is 6.27. The zero-order chi connectivity index (χ0) is 38.9. The number of furan rings is 1. The molecule has 0 aliphatic heterocycles. The van der Waals surface area contributed by atoms with E-state index >= 15 is 0 Å². The van der Waals surface area contributed by atoms with Crippen molar-refractivity contribution in [1.82, 2.24) is 9.97 Å². The molecule has 0 atom stereocenters. The number of rotatable bonds is 5. The van der Waals surface area contributed by atoms with Crippen LogP contribution >= 0.6 is 0 Å². The summed E-state index contributed by atoms with van der Waals surface area (Å²) in [7, 11) is 0. The third kappa shape index (κ3) is 5.44. The highest BCUT2D eigenvalue weighted by Gasteiger charge is 2.19. The Kier molecular flexibility index (Phi) is 7.54. The van der Waals surface area contributed by atoms with E-state index in [0.717, 1.165) is 55.6 Å². The summed E-state index contributed by atoms with van der Waals surface area (Å²) in [6, 6.07) is 73.5. The topological polar surface area (TPSA) is 38.9 Å². The lowest BCUT2D eigenvalue weighted by atomic mass is 9.86. The molecule has 10 aromatic carbocycles. The van der Waals surface area contributed by atoms with Gasteiger partial charge in [0.15, 0.2) is 5.82 Å². The van der Waals surface area contributed by atoms with E-state index in [2.05, 4.69) is 164 Å². The van der Waals surface area contributed by atoms with Gasteiger partial charge in [0.2, 0.25) is 0 Å². The lowest BCUT2D eigenvalue weighted by molar-refractivity contribution is 0.669. The predicted octanol–water partition coefficient (Wildman–Crippen LogP) is 15.3. The van der Waals surface area contributed by atoms with E-state index in [1.54, 1.807) is 0 Å². The van der Waals surface area contributed by atoms with Gasteiger partial charge in [0.05, 0.1) is 11.4 Å². The molecule has 59 heavy (non-hydrogen) atoms. The van der Waals surface area contributed by atoms with Crippen LogP contribution < -0.4 is 0 Å². The van der Waals surface area contributed by atoms with Crippen molar-refractivity contribution in [1.29, 1.82) is 0 Å². The van der Waals surface area contributed by atoms with Gasteiger partial charge in [-0.3, -0.25) is 0 Å². The Bertz CT molecular complexity index is 3600. The zero-order valence-electron chi connectivity index (χ0n) is 31.9. The lowest BCUT2D eigenvalue weighted by Crippen LogP contribution is -1.96. The van der Waals surface area contributed by atoms with Crippen molar-refractivity contribution < 1.29 is 4.42 Å². The Morgan fingerprint density at radius 1 is 0.305 bits per heavy atom. The van der Waals surface area contributed by atoms with Crippen LogP contribution in [0.2, 0.25) is 0 Å². The van der Waals surface area contributed by atoms with Crippen molar-refractivity contribution in [3.63, 3.8) is 0 Å². The SMILES string of the molecule is c1ccc(-c2nc(-c3ccc(-c4ccc(-c5c6ccccc6cc6c5ccc5ccccc56)c5ccccc45)cc3)cc(-c3cccc4oc5ccccc5c34)n2)cc1. The summed E-state index contributed by atoms with van der Waals surface area (Å²) < 4.78 is 6.27. The second kappa shape index (κ2) is 13.4. The third-order valence-corrected chi connectivity index (χ3v) is 11.9. The van der Waals surface area contributed by atoms with E-state index in [-0.39, 0.29) is 0 Å². The maximum absolute atomic E-state index is 6.27. The Morgan fingerprint density at radius 3 is 1.76 bits per heavy atom. The van der Waals surface area contributed by atoms with E-state index in [1.807, 2.05) is 42.5 Å². The van der Waals surface area contributed by atoms with Crippen LogP contribution in [-0.2, 0) is 0 Å². The molecule has 0 saturated heterocycles. The van der Waals surface area contributed by atoms with E-state index in [0.29, 0.717) is 5.82 Å². The molecule has 0 saturated carbocycles. The molecule has 2 heterocycles. The number of fused-ring (bicyclic) bond motifs is 8. The fourth-order valence-electron chi connectivity index (χ4n) is 9.14. The second-order valence-corrected chi connectivity index (χ2v) is 15.2. The zero-order valence-corrected chi connectivity index (χ0v) is 31.9. The molecule has 0 aliphatic carbocycles. The summed E-state index contributed by atoms with van der Waals surface area (Å²) in [5, 5.41) is 12.2. The standard InChI is InChI=1S/C56H34N2O/c1-2-14-38(15-3-1)56-57-50(34-51(58-56)47-22-12-24-53-55(47)48-21-10-11-23-52(48)59-53)37-27-25-36(26-28-37)41-31-32-45(44-20-9-8-19-43(41)44)54-42-18-7-5-16-39(42)33-49-40-17-6-4-13-35(40)29-30-46(49)54/h1-34H. The third-order valence-electron chi connectivity index (χ3n) is 11.9. The van der Waals surface area contributed by atoms with Gasteiger partial charge in [0, 0.05) is 27.5 Å². The van der Waals surface area contributed by atoms with Crippen LogP contribution in [-0.4, -0.2) is 9.97 Å². The van der Waals surface area contributed by atoms with Crippen LogP contribution in [0.3, 0.4) is 0 Å². The van der Waals surface area contributed by atoms with Gasteiger partial charge in [-0.05, 0) is 89.6 Å². The summed E-state index contributed by atoms with van der Waals surface area (Å²) in [4.78, 5) is 10.3. The van der Waals surface area contributed by atoms with Gasteiger partial charge in [-0.15, -0.1) is 0 Å². The molecule has 2 aromatic heterocycles. The minimum atomic E-state index is 0.683. The van der Waals surface area contributed by atoms with Crippen molar-refractivity contribution in [2.24, 2.45) is 0 Å². The molecular formula is C56H34N2O. The van der Waals surface area contributed by atoms with Crippen molar-refractivity contribution in [2.45, 2.75) is 0 Å². The maximum Gasteiger partial charge on any atom is 0.160 e. The molecule has 12 aromatic rings. The summed E-state index contributed by atoms with van der Waals surface area (Å²) in [5.41, 5.74) is 11.3. The summed E-state index contributed by atoms with van der Waals surface area (Å²) in [5.74, 6) is 0.683. The number of hydrogen-bond donors (Lipinski definition) is 0. The van der Waals surface area contributed by atoms with Crippen LogP contribution in [0.4, 0.5) is 0 Å². The molecule has 0 radical (unpaired) electrons. The molecule has 0 spiro atoms. The van der Waals surface area contributed by atoms with Crippen LogP contribution in [0.25, 0.3) is 121 Å². The van der Waals surface area contributed by atoms with Crippen LogP contribution in [0.15, 0.2) is 211 Å². The smallest absolute Gasteiger partial charge is 0.160 e. The Labute approximate surface area is 340 Å². The minimum absolute atomic E-state index is 0.683. The van der Waals surface area contributed by atoms with Crippen molar-refractivity contribution in [2.75, 3.05) is 0 Å². The first kappa shape index (κ1) is 33.3. The fourth-order valence-corrected chi connectivity index (χ4v) is 9.14. The average Bonchev–Trinajstić information content (AvgIpc) is 3.70. The van der Waals surface area contributed by atoms with Gasteiger partial charge in [-0.2, -0.15) is 0 Å². The lowest BCUT2D eigenvalue weighted by Gasteiger charge is -2.17. The molecule has 12 rings (SSSR count). The average molecular weight is 751 g/mol. The molecule has 0 amide bonds. The highest BCUT2D eigenvalue weighted by Crippen LogP contribution is 2.44. The Balaban J connectivity index is 1.000. The van der Waals surface area contributed by atoms with Gasteiger partial charge in [0.25, 0.3) is 0 Å². The molecule has 3 nitrogen and oxygen atoms in total. The molecule has 0 N–H and O–H groups in total. The number of aromatic nitrogens is 2. The van der Waals surface area contributed by atoms with Crippen molar-refractivity contribution in [3.8, 4) is 56.2 Å². The molecular weight excluding hydrogens is 717 g/mol. The largest absolute Gasteiger partial charge is 0.456 e. The first-order valence-electron chi connectivity index (χ1n) is 20.1. The van der Waals surface area contributed by atoms with E-state index in [9.17, 15) is 0 Å². The Morgan fingerprint density at radius 2 is 0.932 bits per heavy atom. The van der Waals surface area contributed by atoms with Gasteiger partial charge in [-0.25, -0.2) is 9.97 Å². The number of benzene rings is 10. The monoisotopic (exact) mass is 750 g/mol. The first-order chi connectivity index (χ1) is 29.2. The van der Waals surface area contributed by atoms with Crippen LogP contribution in [0.5, 0.6) is 0 Å². The summed E-state index contributed by atoms with van der Waals surface area (Å²) in [6.45, 7) is 0. The van der Waals surface area contributed by atoms with Crippen molar-refractivity contribution >= 4 is 65.0 Å². The van der Waals surface area contributed by atoms with Gasteiger partial charge >= 0.3 is 0 Å². The molecule has 0 aliphatic rings. The molecule has 0 fully saturated rings. The number of hydrogen-bond acceptors (Lipinski definition) is 3. The second-order valence-electron chi connectivity index (χ2n) is 15.2. The number of nitrogens with zero attached hydrogens (tertiary/aromatic N) is 2. The fraction of sp³-hybridized carbons (Fsp3) is 0. The minimum Gasteiger partial charge on any atom is -0.456 e. The Hall–Kier alpha value is -7.88. The van der Waals surface area contributed by atoms with Gasteiger partial charge < -0.3 is 4.42 Å². The normalized spacial score (nSPS) is 11.7. The molecule has 0 unspecified atom stereocenters. The first-order valence-corrected chi connectivity index (χ1v) is 20.1.